The average Bonchev–Trinajstić information content (AvgIpc) is 2.34. The number of amides is 2. The number of carbonyl (C=O) groups is 2. The molecule has 0 aliphatic heterocycles. The fourth-order valence-electron chi connectivity index (χ4n) is 2.26. The van der Waals surface area contributed by atoms with Gasteiger partial charge in [-0.2, -0.15) is 0 Å². The summed E-state index contributed by atoms with van der Waals surface area (Å²) in [4.78, 5) is 23.3. The maximum atomic E-state index is 11.7. The molecule has 1 rings (SSSR count). The van der Waals surface area contributed by atoms with Crippen molar-refractivity contribution in [3.63, 3.8) is 0 Å². The molecule has 0 bridgehead atoms. The summed E-state index contributed by atoms with van der Waals surface area (Å²) < 4.78 is 0. The Morgan fingerprint density at radius 1 is 1.11 bits per heavy atom. The molecule has 4 heteroatoms. The van der Waals surface area contributed by atoms with Gasteiger partial charge in [0.2, 0.25) is 11.8 Å². The van der Waals surface area contributed by atoms with Crippen LogP contribution in [0, 0.1) is 5.41 Å². The molecule has 0 spiro atoms. The molecule has 1 saturated carbocycles. The van der Waals surface area contributed by atoms with Crippen LogP contribution >= 0.6 is 0 Å². The van der Waals surface area contributed by atoms with E-state index in [4.69, 9.17) is 0 Å². The van der Waals surface area contributed by atoms with Crippen molar-refractivity contribution in [3.05, 3.63) is 0 Å². The molecular weight excluding hydrogens is 240 g/mol. The Kier molecular flexibility index (Phi) is 6.32. The van der Waals surface area contributed by atoms with Gasteiger partial charge in [-0.1, -0.05) is 40.0 Å². The van der Waals surface area contributed by atoms with E-state index in [9.17, 15) is 9.59 Å². The van der Waals surface area contributed by atoms with Gasteiger partial charge in [0.05, 0.1) is 0 Å². The number of hydrogen-bond donors (Lipinski definition) is 2. The van der Waals surface area contributed by atoms with Gasteiger partial charge in [0.1, 0.15) is 0 Å². The lowest BCUT2D eigenvalue weighted by Crippen LogP contribution is -2.37. The summed E-state index contributed by atoms with van der Waals surface area (Å²) >= 11 is 0. The number of hydrogen-bond acceptors (Lipinski definition) is 2. The largest absolute Gasteiger partial charge is 0.356 e. The van der Waals surface area contributed by atoms with Crippen LogP contribution in [0.4, 0.5) is 0 Å². The van der Waals surface area contributed by atoms with Crippen LogP contribution in [-0.4, -0.2) is 24.4 Å². The second kappa shape index (κ2) is 7.51. The number of nitrogens with one attached hydrogen (secondary N) is 2. The molecule has 2 N–H and O–H groups in total. The molecule has 110 valence electrons. The molecule has 19 heavy (non-hydrogen) atoms. The Balaban J connectivity index is 2.08. The van der Waals surface area contributed by atoms with E-state index in [0.29, 0.717) is 25.4 Å². The minimum atomic E-state index is -0.357. The molecule has 1 fully saturated rings. The fourth-order valence-corrected chi connectivity index (χ4v) is 2.26. The van der Waals surface area contributed by atoms with E-state index in [1.807, 2.05) is 20.8 Å². The average molecular weight is 268 g/mol. The summed E-state index contributed by atoms with van der Waals surface area (Å²) in [6, 6.07) is 0.380. The second-order valence-electron chi connectivity index (χ2n) is 6.51. The second-order valence-corrected chi connectivity index (χ2v) is 6.51. The minimum Gasteiger partial charge on any atom is -0.356 e. The highest BCUT2D eigenvalue weighted by molar-refractivity contribution is 5.81. The first-order valence-electron chi connectivity index (χ1n) is 7.47. The highest BCUT2D eigenvalue weighted by Crippen LogP contribution is 2.17. The predicted molar refractivity (Wildman–Crippen MR) is 76.7 cm³/mol. The Hall–Kier alpha value is -1.06. The van der Waals surface area contributed by atoms with Crippen LogP contribution in [0.1, 0.15) is 65.7 Å². The zero-order valence-corrected chi connectivity index (χ0v) is 12.6. The lowest BCUT2D eigenvalue weighted by atomic mass is 9.95. The van der Waals surface area contributed by atoms with Crippen molar-refractivity contribution in [1.29, 1.82) is 0 Å². The summed E-state index contributed by atoms with van der Waals surface area (Å²) in [5.41, 5.74) is -0.357. The van der Waals surface area contributed by atoms with Crippen molar-refractivity contribution in [3.8, 4) is 0 Å². The molecule has 0 unspecified atom stereocenters. The molecule has 0 aromatic rings. The van der Waals surface area contributed by atoms with Crippen LogP contribution in [0.25, 0.3) is 0 Å². The van der Waals surface area contributed by atoms with Crippen molar-refractivity contribution in [2.24, 2.45) is 5.41 Å². The summed E-state index contributed by atoms with van der Waals surface area (Å²) in [6.45, 7) is 6.24. The standard InChI is InChI=1S/C15H28N2O2/c1-15(2,3)14(19)16-11-7-10-13(18)17-12-8-5-4-6-9-12/h12H,4-11H2,1-3H3,(H,16,19)(H,17,18). The zero-order valence-electron chi connectivity index (χ0n) is 12.6. The third-order valence-corrected chi connectivity index (χ3v) is 3.52. The highest BCUT2D eigenvalue weighted by atomic mass is 16.2. The van der Waals surface area contributed by atoms with Gasteiger partial charge in [-0.3, -0.25) is 9.59 Å². The van der Waals surface area contributed by atoms with E-state index in [-0.39, 0.29) is 17.2 Å². The van der Waals surface area contributed by atoms with Gasteiger partial charge in [-0.25, -0.2) is 0 Å². The Morgan fingerprint density at radius 2 is 1.74 bits per heavy atom. The monoisotopic (exact) mass is 268 g/mol. The first kappa shape index (κ1) is 16.0. The molecule has 0 saturated heterocycles. The van der Waals surface area contributed by atoms with Crippen LogP contribution in [-0.2, 0) is 9.59 Å². The minimum absolute atomic E-state index is 0.0418. The summed E-state index contributed by atoms with van der Waals surface area (Å²) in [5, 5.41) is 5.95. The van der Waals surface area contributed by atoms with E-state index in [2.05, 4.69) is 10.6 Å². The Morgan fingerprint density at radius 3 is 2.32 bits per heavy atom. The van der Waals surface area contributed by atoms with E-state index >= 15 is 0 Å². The first-order chi connectivity index (χ1) is 8.89. The lowest BCUT2D eigenvalue weighted by Gasteiger charge is -2.22. The fraction of sp³-hybridized carbons (Fsp3) is 0.867. The van der Waals surface area contributed by atoms with Gasteiger partial charge in [-0.15, -0.1) is 0 Å². The quantitative estimate of drug-likeness (QED) is 0.752. The van der Waals surface area contributed by atoms with Crippen LogP contribution in [0.5, 0.6) is 0 Å². The zero-order chi connectivity index (χ0) is 14.3. The summed E-state index contributed by atoms with van der Waals surface area (Å²) in [7, 11) is 0. The van der Waals surface area contributed by atoms with Crippen molar-refractivity contribution in [2.75, 3.05) is 6.54 Å². The van der Waals surface area contributed by atoms with Crippen LogP contribution in [0.3, 0.4) is 0 Å². The highest BCUT2D eigenvalue weighted by Gasteiger charge is 2.20. The van der Waals surface area contributed by atoms with Gasteiger partial charge < -0.3 is 10.6 Å². The maximum absolute atomic E-state index is 11.7. The normalized spacial score (nSPS) is 17.0. The molecule has 0 radical (unpaired) electrons. The molecule has 0 atom stereocenters. The third-order valence-electron chi connectivity index (χ3n) is 3.52. The van der Waals surface area contributed by atoms with E-state index < -0.39 is 0 Å². The maximum Gasteiger partial charge on any atom is 0.225 e. The molecule has 1 aliphatic rings. The van der Waals surface area contributed by atoms with Crippen LogP contribution in [0.2, 0.25) is 0 Å². The summed E-state index contributed by atoms with van der Waals surface area (Å²) in [5.74, 6) is 0.164. The molecular formula is C15H28N2O2. The lowest BCUT2D eigenvalue weighted by molar-refractivity contribution is -0.128. The van der Waals surface area contributed by atoms with Gasteiger partial charge >= 0.3 is 0 Å². The van der Waals surface area contributed by atoms with Crippen molar-refractivity contribution >= 4 is 11.8 Å². The van der Waals surface area contributed by atoms with Crippen LogP contribution < -0.4 is 10.6 Å². The van der Waals surface area contributed by atoms with Gasteiger partial charge in [0, 0.05) is 24.4 Å². The van der Waals surface area contributed by atoms with E-state index in [0.717, 1.165) is 12.8 Å². The van der Waals surface area contributed by atoms with Crippen molar-refractivity contribution < 1.29 is 9.59 Å². The van der Waals surface area contributed by atoms with Gasteiger partial charge in [0.25, 0.3) is 0 Å². The van der Waals surface area contributed by atoms with Crippen LogP contribution in [0.15, 0.2) is 0 Å². The molecule has 4 nitrogen and oxygen atoms in total. The SMILES string of the molecule is CC(C)(C)C(=O)NCCCC(=O)NC1CCCCC1. The van der Waals surface area contributed by atoms with Crippen molar-refractivity contribution in [1.82, 2.24) is 10.6 Å². The molecule has 0 aromatic heterocycles. The number of carbonyl (C=O) groups excluding carboxylic acids is 2. The topological polar surface area (TPSA) is 58.2 Å². The third kappa shape index (κ3) is 6.60. The van der Waals surface area contributed by atoms with Crippen molar-refractivity contribution in [2.45, 2.75) is 71.8 Å². The smallest absolute Gasteiger partial charge is 0.225 e. The molecule has 2 amide bonds. The number of rotatable bonds is 5. The molecule has 0 aromatic carbocycles. The predicted octanol–water partition coefficient (Wildman–Crippen LogP) is 2.38. The summed E-state index contributed by atoms with van der Waals surface area (Å²) in [6.07, 6.45) is 7.20. The Labute approximate surface area is 116 Å². The molecule has 1 aliphatic carbocycles. The molecule has 0 heterocycles. The van der Waals surface area contributed by atoms with Gasteiger partial charge in [0.15, 0.2) is 0 Å². The van der Waals surface area contributed by atoms with E-state index in [1.165, 1.54) is 19.3 Å². The first-order valence-corrected chi connectivity index (χ1v) is 7.47. The van der Waals surface area contributed by atoms with Gasteiger partial charge in [-0.05, 0) is 19.3 Å². The van der Waals surface area contributed by atoms with E-state index in [1.54, 1.807) is 0 Å². The Bertz CT molecular complexity index is 302.